The van der Waals surface area contributed by atoms with Crippen LogP contribution in [0.3, 0.4) is 0 Å². The highest BCUT2D eigenvalue weighted by Crippen LogP contribution is 2.16. The van der Waals surface area contributed by atoms with Crippen LogP contribution in [0.2, 0.25) is 0 Å². The number of rotatable bonds is 10. The maximum atomic E-state index is 5.20. The lowest BCUT2D eigenvalue weighted by Crippen LogP contribution is -2.20. The van der Waals surface area contributed by atoms with Gasteiger partial charge in [0.2, 0.25) is 5.95 Å². The smallest absolute Gasteiger partial charge is 0.203 e. The van der Waals surface area contributed by atoms with Crippen LogP contribution in [0.1, 0.15) is 58.9 Å². The topological polar surface area (TPSA) is 39.1 Å². The van der Waals surface area contributed by atoms with E-state index in [0.717, 1.165) is 5.95 Å². The Morgan fingerprint density at radius 1 is 1.32 bits per heavy atom. The molecule has 0 saturated carbocycles. The minimum Gasteiger partial charge on any atom is -0.383 e. The highest BCUT2D eigenvalue weighted by molar-refractivity contribution is 5.28. The zero-order chi connectivity index (χ0) is 14.1. The van der Waals surface area contributed by atoms with Crippen LogP contribution in [0, 0.1) is 0 Å². The van der Waals surface area contributed by atoms with E-state index in [1.165, 1.54) is 32.1 Å². The highest BCUT2D eigenvalue weighted by Gasteiger charge is 2.11. The molecule has 110 valence electrons. The van der Waals surface area contributed by atoms with Gasteiger partial charge in [-0.1, -0.05) is 32.6 Å². The molecule has 1 heterocycles. The second-order valence-corrected chi connectivity index (χ2v) is 5.36. The Bertz CT molecular complexity index is 338. The van der Waals surface area contributed by atoms with Gasteiger partial charge in [-0.25, -0.2) is 4.98 Å². The van der Waals surface area contributed by atoms with Crippen molar-refractivity contribution in [3.05, 3.63) is 12.4 Å². The third-order valence-corrected chi connectivity index (χ3v) is 3.42. The van der Waals surface area contributed by atoms with E-state index in [9.17, 15) is 0 Å². The van der Waals surface area contributed by atoms with E-state index in [0.29, 0.717) is 18.7 Å². The van der Waals surface area contributed by atoms with Gasteiger partial charge in [0.1, 0.15) is 0 Å². The summed E-state index contributed by atoms with van der Waals surface area (Å²) < 4.78 is 7.35. The van der Waals surface area contributed by atoms with Gasteiger partial charge in [-0.05, 0) is 20.3 Å². The van der Waals surface area contributed by atoms with Crippen LogP contribution in [0.25, 0.3) is 0 Å². The third kappa shape index (κ3) is 5.64. The van der Waals surface area contributed by atoms with Crippen molar-refractivity contribution in [1.29, 1.82) is 0 Å². The molecule has 0 amide bonds. The minimum atomic E-state index is 0.308. The quantitative estimate of drug-likeness (QED) is 0.654. The van der Waals surface area contributed by atoms with Crippen molar-refractivity contribution in [3.63, 3.8) is 0 Å². The molecule has 0 saturated heterocycles. The van der Waals surface area contributed by atoms with Gasteiger partial charge < -0.3 is 14.6 Å². The fraction of sp³-hybridized carbons (Fsp3) is 0.800. The largest absolute Gasteiger partial charge is 0.383 e. The van der Waals surface area contributed by atoms with E-state index in [1.807, 2.05) is 12.4 Å². The molecule has 0 spiro atoms. The maximum absolute atomic E-state index is 5.20. The number of imidazole rings is 1. The normalized spacial score (nSPS) is 14.3. The van der Waals surface area contributed by atoms with Gasteiger partial charge in [-0.15, -0.1) is 0 Å². The number of anilines is 1. The number of nitrogens with zero attached hydrogens (tertiary/aromatic N) is 2. The van der Waals surface area contributed by atoms with Crippen molar-refractivity contribution < 1.29 is 4.74 Å². The van der Waals surface area contributed by atoms with Crippen molar-refractivity contribution in [2.45, 2.75) is 65.0 Å². The molecule has 1 aromatic rings. The van der Waals surface area contributed by atoms with Crippen molar-refractivity contribution in [2.24, 2.45) is 0 Å². The number of unbranched alkanes of at least 4 members (excludes halogenated alkanes) is 3. The Labute approximate surface area is 117 Å². The first-order valence-electron chi connectivity index (χ1n) is 7.47. The van der Waals surface area contributed by atoms with Gasteiger partial charge in [-0.3, -0.25) is 0 Å². The Hall–Kier alpha value is -1.03. The van der Waals surface area contributed by atoms with Crippen molar-refractivity contribution >= 4 is 5.95 Å². The van der Waals surface area contributed by atoms with Gasteiger partial charge >= 0.3 is 0 Å². The van der Waals surface area contributed by atoms with Gasteiger partial charge in [0, 0.05) is 25.5 Å². The molecule has 0 aliphatic rings. The molecule has 0 radical (unpaired) electrons. The van der Waals surface area contributed by atoms with Gasteiger partial charge in [0.25, 0.3) is 0 Å². The molecule has 0 fully saturated rings. The highest BCUT2D eigenvalue weighted by atomic mass is 16.5. The van der Waals surface area contributed by atoms with E-state index >= 15 is 0 Å². The zero-order valence-electron chi connectivity index (χ0n) is 12.9. The van der Waals surface area contributed by atoms with Crippen molar-refractivity contribution in [3.8, 4) is 0 Å². The molecule has 4 heteroatoms. The average Bonchev–Trinajstić information content (AvgIpc) is 2.83. The summed E-state index contributed by atoms with van der Waals surface area (Å²) in [7, 11) is 1.73. The van der Waals surface area contributed by atoms with E-state index in [-0.39, 0.29) is 0 Å². The molecule has 2 atom stereocenters. The first-order chi connectivity index (χ1) is 9.19. The summed E-state index contributed by atoms with van der Waals surface area (Å²) in [5.74, 6) is 0.951. The maximum Gasteiger partial charge on any atom is 0.203 e. The van der Waals surface area contributed by atoms with Crippen LogP contribution < -0.4 is 5.32 Å². The Balaban J connectivity index is 2.41. The lowest BCUT2D eigenvalue weighted by atomic mass is 10.1. The van der Waals surface area contributed by atoms with Crippen LogP contribution >= 0.6 is 0 Å². The monoisotopic (exact) mass is 267 g/mol. The number of aromatic nitrogens is 2. The first-order valence-corrected chi connectivity index (χ1v) is 7.47. The van der Waals surface area contributed by atoms with Crippen LogP contribution in [-0.4, -0.2) is 29.3 Å². The summed E-state index contributed by atoms with van der Waals surface area (Å²) >= 11 is 0. The Morgan fingerprint density at radius 2 is 2.11 bits per heavy atom. The molecule has 19 heavy (non-hydrogen) atoms. The number of ether oxygens (including phenoxy) is 1. The van der Waals surface area contributed by atoms with Crippen LogP contribution in [0.5, 0.6) is 0 Å². The molecular formula is C15H29N3O. The molecule has 2 unspecified atom stereocenters. The number of hydrogen-bond acceptors (Lipinski definition) is 3. The number of hydrogen-bond donors (Lipinski definition) is 1. The zero-order valence-corrected chi connectivity index (χ0v) is 12.9. The van der Waals surface area contributed by atoms with E-state index in [2.05, 4.69) is 35.6 Å². The Morgan fingerprint density at radius 3 is 2.79 bits per heavy atom. The molecule has 1 N–H and O–H groups in total. The van der Waals surface area contributed by atoms with Crippen LogP contribution in [-0.2, 0) is 4.74 Å². The van der Waals surface area contributed by atoms with E-state index in [4.69, 9.17) is 4.74 Å². The van der Waals surface area contributed by atoms with E-state index in [1.54, 1.807) is 7.11 Å². The SMILES string of the molecule is CCCCCCC(C)Nc1nccn1C(C)COC. The van der Waals surface area contributed by atoms with Gasteiger partial charge in [-0.2, -0.15) is 0 Å². The average molecular weight is 267 g/mol. The summed E-state index contributed by atoms with van der Waals surface area (Å²) in [6.45, 7) is 7.32. The van der Waals surface area contributed by atoms with Gasteiger partial charge in [0.05, 0.1) is 12.6 Å². The second-order valence-electron chi connectivity index (χ2n) is 5.36. The molecule has 0 bridgehead atoms. The summed E-state index contributed by atoms with van der Waals surface area (Å²) in [5, 5.41) is 3.50. The minimum absolute atomic E-state index is 0.308. The lowest BCUT2D eigenvalue weighted by Gasteiger charge is -2.19. The van der Waals surface area contributed by atoms with Crippen molar-refractivity contribution in [1.82, 2.24) is 9.55 Å². The van der Waals surface area contributed by atoms with Crippen LogP contribution in [0.15, 0.2) is 12.4 Å². The molecule has 1 rings (SSSR count). The Kier molecular flexibility index (Phi) is 7.56. The number of methoxy groups -OCH3 is 1. The van der Waals surface area contributed by atoms with Crippen molar-refractivity contribution in [2.75, 3.05) is 19.0 Å². The second kappa shape index (κ2) is 8.97. The number of nitrogens with one attached hydrogen (secondary N) is 1. The summed E-state index contributed by atoms with van der Waals surface area (Å²) in [5.41, 5.74) is 0. The first kappa shape index (κ1) is 16.0. The predicted molar refractivity (Wildman–Crippen MR) is 80.7 cm³/mol. The lowest BCUT2D eigenvalue weighted by molar-refractivity contribution is 0.163. The molecular weight excluding hydrogens is 238 g/mol. The predicted octanol–water partition coefficient (Wildman–Crippen LogP) is 3.86. The molecule has 4 nitrogen and oxygen atoms in total. The van der Waals surface area contributed by atoms with Crippen LogP contribution in [0.4, 0.5) is 5.95 Å². The third-order valence-electron chi connectivity index (χ3n) is 3.42. The fourth-order valence-corrected chi connectivity index (χ4v) is 2.27. The summed E-state index contributed by atoms with van der Waals surface area (Å²) in [6, 6.07) is 0.773. The molecule has 0 aliphatic carbocycles. The summed E-state index contributed by atoms with van der Waals surface area (Å²) in [6.07, 6.45) is 10.3. The standard InChI is InChI=1S/C15H29N3O/c1-5-6-7-8-9-13(2)17-15-16-10-11-18(15)14(3)12-19-4/h10-11,13-14H,5-9,12H2,1-4H3,(H,16,17). The van der Waals surface area contributed by atoms with E-state index < -0.39 is 0 Å². The van der Waals surface area contributed by atoms with Gasteiger partial charge in [0.15, 0.2) is 0 Å². The summed E-state index contributed by atoms with van der Waals surface area (Å²) in [4.78, 5) is 4.40. The molecule has 0 aliphatic heterocycles. The fourth-order valence-electron chi connectivity index (χ4n) is 2.27. The molecule has 0 aromatic carbocycles. The molecule has 1 aromatic heterocycles.